The van der Waals surface area contributed by atoms with E-state index in [1.54, 1.807) is 0 Å². The van der Waals surface area contributed by atoms with E-state index in [-0.39, 0.29) is 0 Å². The van der Waals surface area contributed by atoms with Gasteiger partial charge in [0.05, 0.1) is 5.69 Å². The van der Waals surface area contributed by atoms with Crippen LogP contribution in [0.1, 0.15) is 36.7 Å². The first-order valence-electron chi connectivity index (χ1n) is 6.74. The minimum atomic E-state index is 0.299. The van der Waals surface area contributed by atoms with E-state index in [1.807, 2.05) is 0 Å². The van der Waals surface area contributed by atoms with Gasteiger partial charge in [0.15, 0.2) is 0 Å². The van der Waals surface area contributed by atoms with E-state index in [1.165, 1.54) is 24.4 Å². The fourth-order valence-electron chi connectivity index (χ4n) is 2.97. The number of imidazole rings is 1. The average Bonchev–Trinajstić information content (AvgIpc) is 2.82. The predicted octanol–water partition coefficient (Wildman–Crippen LogP) is 0.905. The van der Waals surface area contributed by atoms with E-state index in [2.05, 4.69) is 16.1 Å². The number of aromatic nitrogens is 2. The summed E-state index contributed by atoms with van der Waals surface area (Å²) in [6, 6.07) is 0. The second-order valence-corrected chi connectivity index (χ2v) is 5.36. The summed E-state index contributed by atoms with van der Waals surface area (Å²) in [6.07, 6.45) is 6.78. The van der Waals surface area contributed by atoms with Crippen LogP contribution < -0.4 is 5.32 Å². The van der Waals surface area contributed by atoms with Crippen LogP contribution in [0.5, 0.6) is 0 Å². The van der Waals surface area contributed by atoms with Gasteiger partial charge in [0, 0.05) is 38.2 Å². The van der Waals surface area contributed by atoms with E-state index in [9.17, 15) is 5.11 Å². The number of nitrogens with zero attached hydrogens (tertiary/aromatic N) is 2. The number of aryl methyl sites for hydroxylation is 1. The van der Waals surface area contributed by atoms with Gasteiger partial charge in [0.25, 0.3) is 0 Å². The van der Waals surface area contributed by atoms with Crippen LogP contribution in [0.2, 0.25) is 0 Å². The molecule has 0 bridgehead atoms. The molecule has 94 valence electrons. The van der Waals surface area contributed by atoms with Gasteiger partial charge in [-0.2, -0.15) is 0 Å². The SMILES string of the molecule is OCC1CCn2cc(C3CCCNC3)nc2C1. The number of rotatable bonds is 2. The second-order valence-electron chi connectivity index (χ2n) is 5.36. The van der Waals surface area contributed by atoms with Crippen molar-refractivity contribution in [1.82, 2.24) is 14.9 Å². The lowest BCUT2D eigenvalue weighted by Gasteiger charge is -2.20. The molecular weight excluding hydrogens is 214 g/mol. The van der Waals surface area contributed by atoms with Crippen LogP contribution in [-0.4, -0.2) is 34.4 Å². The summed E-state index contributed by atoms with van der Waals surface area (Å²) in [6.45, 7) is 3.54. The van der Waals surface area contributed by atoms with Gasteiger partial charge < -0.3 is 15.0 Å². The lowest BCUT2D eigenvalue weighted by molar-refractivity contribution is 0.199. The number of piperidine rings is 1. The summed E-state index contributed by atoms with van der Waals surface area (Å²) in [7, 11) is 0. The quantitative estimate of drug-likeness (QED) is 0.801. The van der Waals surface area contributed by atoms with Gasteiger partial charge in [-0.3, -0.25) is 0 Å². The molecule has 2 N–H and O–H groups in total. The topological polar surface area (TPSA) is 50.1 Å². The molecule has 4 heteroatoms. The number of aliphatic hydroxyl groups is 1. The minimum Gasteiger partial charge on any atom is -0.396 e. The Balaban J connectivity index is 1.77. The molecule has 1 aromatic rings. The number of hydrogen-bond donors (Lipinski definition) is 2. The molecule has 0 aliphatic carbocycles. The van der Waals surface area contributed by atoms with Crippen molar-refractivity contribution in [3.8, 4) is 0 Å². The molecule has 1 saturated heterocycles. The largest absolute Gasteiger partial charge is 0.396 e. The summed E-state index contributed by atoms with van der Waals surface area (Å²) in [5, 5.41) is 12.7. The lowest BCUT2D eigenvalue weighted by atomic mass is 9.97. The standard InChI is InChI=1S/C13H21N3O/c17-9-10-3-5-16-8-12(15-13(16)6-10)11-2-1-4-14-7-11/h8,10-11,14,17H,1-7,9H2. The van der Waals surface area contributed by atoms with Gasteiger partial charge in [-0.05, 0) is 31.7 Å². The van der Waals surface area contributed by atoms with Gasteiger partial charge in [0.1, 0.15) is 5.82 Å². The normalized spacial score (nSPS) is 29.0. The Morgan fingerprint density at radius 3 is 3.18 bits per heavy atom. The molecule has 0 saturated carbocycles. The molecule has 2 atom stereocenters. The van der Waals surface area contributed by atoms with E-state index in [0.29, 0.717) is 18.4 Å². The zero-order valence-electron chi connectivity index (χ0n) is 10.2. The number of aliphatic hydroxyl groups excluding tert-OH is 1. The van der Waals surface area contributed by atoms with Gasteiger partial charge in [0.2, 0.25) is 0 Å². The molecular formula is C13H21N3O. The molecule has 0 aromatic carbocycles. The molecule has 4 nitrogen and oxygen atoms in total. The Morgan fingerprint density at radius 1 is 1.47 bits per heavy atom. The number of fused-ring (bicyclic) bond motifs is 1. The maximum Gasteiger partial charge on any atom is 0.109 e. The molecule has 0 amide bonds. The lowest BCUT2D eigenvalue weighted by Crippen LogP contribution is -2.28. The highest BCUT2D eigenvalue weighted by Gasteiger charge is 2.23. The van der Waals surface area contributed by atoms with Crippen molar-refractivity contribution in [2.45, 2.75) is 38.1 Å². The fraction of sp³-hybridized carbons (Fsp3) is 0.769. The molecule has 1 aromatic heterocycles. The summed E-state index contributed by atoms with van der Waals surface area (Å²) in [5.41, 5.74) is 1.26. The predicted molar refractivity (Wildman–Crippen MR) is 66.0 cm³/mol. The molecule has 17 heavy (non-hydrogen) atoms. The monoisotopic (exact) mass is 235 g/mol. The van der Waals surface area contributed by atoms with Crippen LogP contribution in [0.3, 0.4) is 0 Å². The maximum atomic E-state index is 9.23. The van der Waals surface area contributed by atoms with Crippen LogP contribution in [0.25, 0.3) is 0 Å². The Morgan fingerprint density at radius 2 is 2.41 bits per heavy atom. The van der Waals surface area contributed by atoms with Crippen molar-refractivity contribution >= 4 is 0 Å². The highest BCUT2D eigenvalue weighted by atomic mass is 16.3. The number of hydrogen-bond acceptors (Lipinski definition) is 3. The smallest absolute Gasteiger partial charge is 0.109 e. The van der Waals surface area contributed by atoms with Gasteiger partial charge in [-0.25, -0.2) is 4.98 Å². The molecule has 2 unspecified atom stereocenters. The first-order chi connectivity index (χ1) is 8.36. The number of nitrogens with one attached hydrogen (secondary N) is 1. The van der Waals surface area contributed by atoms with Crippen LogP contribution in [0.15, 0.2) is 6.20 Å². The van der Waals surface area contributed by atoms with Crippen molar-refractivity contribution < 1.29 is 5.11 Å². The summed E-state index contributed by atoms with van der Waals surface area (Å²) < 4.78 is 2.29. The van der Waals surface area contributed by atoms with E-state index in [4.69, 9.17) is 4.98 Å². The Labute approximate surface area is 102 Å². The summed E-state index contributed by atoms with van der Waals surface area (Å²) in [4.78, 5) is 4.78. The van der Waals surface area contributed by atoms with Crippen LogP contribution in [0.4, 0.5) is 0 Å². The van der Waals surface area contributed by atoms with Crippen molar-refractivity contribution in [2.24, 2.45) is 5.92 Å². The van der Waals surface area contributed by atoms with E-state index >= 15 is 0 Å². The second kappa shape index (κ2) is 4.78. The van der Waals surface area contributed by atoms with Crippen molar-refractivity contribution in [3.05, 3.63) is 17.7 Å². The van der Waals surface area contributed by atoms with Crippen molar-refractivity contribution in [1.29, 1.82) is 0 Å². The zero-order chi connectivity index (χ0) is 11.7. The van der Waals surface area contributed by atoms with Gasteiger partial charge >= 0.3 is 0 Å². The first kappa shape index (κ1) is 11.2. The molecule has 1 fully saturated rings. The summed E-state index contributed by atoms with van der Waals surface area (Å²) in [5.74, 6) is 2.19. The molecule has 2 aliphatic heterocycles. The van der Waals surface area contributed by atoms with Crippen LogP contribution in [0, 0.1) is 5.92 Å². The van der Waals surface area contributed by atoms with Crippen LogP contribution in [-0.2, 0) is 13.0 Å². The Bertz CT molecular complexity index is 382. The third kappa shape index (κ3) is 2.24. The zero-order valence-corrected chi connectivity index (χ0v) is 10.2. The molecule has 3 heterocycles. The third-order valence-corrected chi connectivity index (χ3v) is 4.10. The highest BCUT2D eigenvalue weighted by Crippen LogP contribution is 2.26. The van der Waals surface area contributed by atoms with Crippen molar-refractivity contribution in [2.75, 3.05) is 19.7 Å². The van der Waals surface area contributed by atoms with Crippen LogP contribution >= 0.6 is 0 Å². The average molecular weight is 235 g/mol. The third-order valence-electron chi connectivity index (χ3n) is 4.10. The fourth-order valence-corrected chi connectivity index (χ4v) is 2.97. The highest BCUT2D eigenvalue weighted by molar-refractivity contribution is 5.13. The van der Waals surface area contributed by atoms with Gasteiger partial charge in [-0.1, -0.05) is 0 Å². The molecule has 0 spiro atoms. The molecule has 0 radical (unpaired) electrons. The van der Waals surface area contributed by atoms with E-state index in [0.717, 1.165) is 32.5 Å². The Kier molecular flexibility index (Phi) is 3.16. The Hall–Kier alpha value is -0.870. The minimum absolute atomic E-state index is 0.299. The molecule has 2 aliphatic rings. The first-order valence-corrected chi connectivity index (χ1v) is 6.74. The molecule has 3 rings (SSSR count). The maximum absolute atomic E-state index is 9.23. The summed E-state index contributed by atoms with van der Waals surface area (Å²) >= 11 is 0. The van der Waals surface area contributed by atoms with Gasteiger partial charge in [-0.15, -0.1) is 0 Å². The van der Waals surface area contributed by atoms with E-state index < -0.39 is 0 Å². The van der Waals surface area contributed by atoms with Crippen molar-refractivity contribution in [3.63, 3.8) is 0 Å².